The lowest BCUT2D eigenvalue weighted by molar-refractivity contribution is 1.16. The quantitative estimate of drug-likeness (QED) is 0.176. The second-order valence-corrected chi connectivity index (χ2v) is 11.1. The first kappa shape index (κ1) is 11.6. The second kappa shape index (κ2) is 10.8. The van der Waals surface area contributed by atoms with Crippen molar-refractivity contribution in [3.8, 4) is 28.2 Å². The zero-order valence-electron chi connectivity index (χ0n) is 55.4. The van der Waals surface area contributed by atoms with Gasteiger partial charge in [-0.25, -0.2) is 0 Å². The van der Waals surface area contributed by atoms with Crippen molar-refractivity contribution >= 4 is 65.4 Å². The normalized spacial score (nSPS) is 20.2. The summed E-state index contributed by atoms with van der Waals surface area (Å²) in [7, 11) is 0. The molecule has 0 saturated heterocycles. The lowest BCUT2D eigenvalue weighted by Gasteiger charge is -2.12. The standard InChI is InChI=1S/C48H31N3/c1-2-12-32(13-3-1)33-22-24-34(25-23-33)49-45-20-10-6-16-39(45)41-31-36(26-28-47(41)49)51-46-21-11-7-17-40(46)42-30-35(27-29-48(42)51)50-43-18-8-4-14-37(43)38-15-5-9-19-44(38)50/h1-31H/i1D,2D,3D,4D,5D,6D,7D,8D,9D,10D,11D,12D,13D,14D,15D,16D,17D,18D,19D,20D,21D,22D,23D,24D,25D,26D,27D,28D,29D,31D. The average molecular weight is 680 g/mol. The summed E-state index contributed by atoms with van der Waals surface area (Å²) in [6.45, 7) is 0. The first-order chi connectivity index (χ1) is 37.8. The van der Waals surface area contributed by atoms with E-state index in [1.807, 2.05) is 0 Å². The lowest BCUT2D eigenvalue weighted by Crippen LogP contribution is -1.96. The Balaban J connectivity index is 1.33. The Kier molecular flexibility index (Phi) is 2.47. The van der Waals surface area contributed by atoms with Crippen LogP contribution in [0.1, 0.15) is 41.1 Å². The van der Waals surface area contributed by atoms with Crippen molar-refractivity contribution in [3.63, 3.8) is 0 Å². The van der Waals surface area contributed by atoms with Gasteiger partial charge in [-0.3, -0.25) is 0 Å². The van der Waals surface area contributed by atoms with E-state index in [0.717, 1.165) is 15.2 Å². The molecule has 0 N–H and O–H groups in total. The fraction of sp³-hybridized carbons (Fsp3) is 0. The van der Waals surface area contributed by atoms with E-state index in [2.05, 4.69) is 0 Å². The van der Waals surface area contributed by atoms with Crippen LogP contribution in [0, 0.1) is 0 Å². The van der Waals surface area contributed by atoms with E-state index in [1.54, 1.807) is 0 Å². The van der Waals surface area contributed by atoms with Crippen LogP contribution in [0.5, 0.6) is 0 Å². The fourth-order valence-electron chi connectivity index (χ4n) is 6.34. The van der Waals surface area contributed by atoms with Gasteiger partial charge in [-0.05, 0) is 83.7 Å². The van der Waals surface area contributed by atoms with Crippen molar-refractivity contribution < 1.29 is 41.1 Å². The molecule has 0 aliphatic rings. The molecule has 3 heteroatoms. The van der Waals surface area contributed by atoms with Crippen LogP contribution in [-0.4, -0.2) is 13.7 Å². The molecule has 0 aliphatic carbocycles. The molecule has 0 aliphatic heterocycles. The van der Waals surface area contributed by atoms with E-state index in [4.69, 9.17) is 26.0 Å². The van der Waals surface area contributed by atoms with Gasteiger partial charge in [-0.2, -0.15) is 0 Å². The maximum absolute atomic E-state index is 10.0. The number of benzene rings is 8. The SMILES string of the molecule is [2H]c1c([2H])c([2H])c(-c2c([2H])c([2H])c(-n3c4c([2H])c([2H])c([2H])c([2H])c4c4c([2H])c(-n5c6c([2H])c([2H])c(-n7c8c([2H])c([2H])c([2H])c([2H])c8c8c([2H])c([2H])c([2H])c([2H])c87)cc6c6c([2H])c([2H])c([2H])c([2H])c65)c([2H])c([2H])c43)c([2H])c2[2H])c([2H])c1[2H]. The molecule has 0 fully saturated rings. The van der Waals surface area contributed by atoms with E-state index in [0.29, 0.717) is 4.57 Å². The molecule has 0 unspecified atom stereocenters. The van der Waals surface area contributed by atoms with Crippen LogP contribution in [0.3, 0.4) is 0 Å². The second-order valence-electron chi connectivity index (χ2n) is 11.1. The minimum Gasteiger partial charge on any atom is -0.309 e. The zero-order valence-corrected chi connectivity index (χ0v) is 25.4. The van der Waals surface area contributed by atoms with Crippen molar-refractivity contribution in [3.05, 3.63) is 187 Å². The summed E-state index contributed by atoms with van der Waals surface area (Å²) >= 11 is 0. The number of fused-ring (bicyclic) bond motifs is 9. The molecule has 11 rings (SSSR count). The fourth-order valence-corrected chi connectivity index (χ4v) is 6.34. The van der Waals surface area contributed by atoms with Gasteiger partial charge in [0, 0.05) is 49.4 Å². The zero-order chi connectivity index (χ0) is 59.6. The minimum absolute atomic E-state index is 0.373. The highest BCUT2D eigenvalue weighted by atomic mass is 15.0. The topological polar surface area (TPSA) is 14.8 Å². The molecule has 51 heavy (non-hydrogen) atoms. The van der Waals surface area contributed by atoms with Crippen LogP contribution in [0.25, 0.3) is 93.6 Å². The number of hydrogen-bond donors (Lipinski definition) is 0. The van der Waals surface area contributed by atoms with Gasteiger partial charge < -0.3 is 13.7 Å². The molecule has 3 nitrogen and oxygen atoms in total. The third-order valence-electron chi connectivity index (χ3n) is 8.46. The van der Waals surface area contributed by atoms with Crippen molar-refractivity contribution in [1.82, 2.24) is 13.7 Å². The van der Waals surface area contributed by atoms with Gasteiger partial charge in [0.1, 0.15) is 0 Å². The molecule has 0 amide bonds. The van der Waals surface area contributed by atoms with Crippen molar-refractivity contribution in [2.45, 2.75) is 0 Å². The van der Waals surface area contributed by atoms with Gasteiger partial charge in [-0.1, -0.05) is 115 Å². The highest BCUT2D eigenvalue weighted by Gasteiger charge is 2.18. The summed E-state index contributed by atoms with van der Waals surface area (Å²) in [5.74, 6) is 0. The van der Waals surface area contributed by atoms with Crippen molar-refractivity contribution in [1.29, 1.82) is 0 Å². The molecule has 238 valence electrons. The van der Waals surface area contributed by atoms with Gasteiger partial charge in [-0.15, -0.1) is 0 Å². The number of hydrogen-bond acceptors (Lipinski definition) is 0. The Morgan fingerprint density at radius 3 is 1.24 bits per heavy atom. The predicted molar refractivity (Wildman–Crippen MR) is 215 cm³/mol. The van der Waals surface area contributed by atoms with E-state index >= 15 is 0 Å². The van der Waals surface area contributed by atoms with Gasteiger partial charge in [0.05, 0.1) is 74.2 Å². The van der Waals surface area contributed by atoms with E-state index in [1.165, 1.54) is 0 Å². The molecule has 8 aromatic carbocycles. The highest BCUT2D eigenvalue weighted by Crippen LogP contribution is 2.39. The van der Waals surface area contributed by atoms with E-state index in [-0.39, 0.29) is 5.39 Å². The Labute approximate surface area is 336 Å². The van der Waals surface area contributed by atoms with Crippen LogP contribution >= 0.6 is 0 Å². The molecular formula is C48H31N3. The molecular weight excluding hydrogens is 619 g/mol. The van der Waals surface area contributed by atoms with Gasteiger partial charge in [0.15, 0.2) is 0 Å². The Hall–Kier alpha value is -6.84. The minimum atomic E-state index is -1.05. The molecule has 0 bridgehead atoms. The maximum Gasteiger partial charge on any atom is 0.0652 e. The first-order valence-corrected chi connectivity index (χ1v) is 15.1. The smallest absolute Gasteiger partial charge is 0.0652 e. The van der Waals surface area contributed by atoms with E-state index < -0.39 is 269 Å². The van der Waals surface area contributed by atoms with Crippen LogP contribution in [0.4, 0.5) is 0 Å². The molecule has 11 aromatic rings. The molecule has 0 saturated carbocycles. The predicted octanol–water partition coefficient (Wildman–Crippen LogP) is 12.6. The summed E-state index contributed by atoms with van der Waals surface area (Å²) in [6.07, 6.45) is 0. The summed E-state index contributed by atoms with van der Waals surface area (Å²) in [5.41, 5.74) is -7.14. The van der Waals surface area contributed by atoms with Gasteiger partial charge in [0.2, 0.25) is 0 Å². The molecule has 3 aromatic heterocycles. The molecule has 0 atom stereocenters. The molecule has 3 heterocycles. The lowest BCUT2D eigenvalue weighted by atomic mass is 10.1. The van der Waals surface area contributed by atoms with Crippen LogP contribution in [0.2, 0.25) is 0 Å². The summed E-state index contributed by atoms with van der Waals surface area (Å²) < 4.78 is 272. The Bertz CT molecular complexity index is 4740. The number of para-hydroxylation sites is 4. The Morgan fingerprint density at radius 1 is 0.275 bits per heavy atom. The summed E-state index contributed by atoms with van der Waals surface area (Å²) in [6, 6.07) is -25.6. The average Bonchev–Trinajstić information content (AvgIpc) is 3.85. The summed E-state index contributed by atoms with van der Waals surface area (Å²) in [5, 5.41) is -2.89. The third-order valence-corrected chi connectivity index (χ3v) is 8.46. The third kappa shape index (κ3) is 4.12. The number of nitrogens with zero attached hydrogens (tertiary/aromatic N) is 3. The summed E-state index contributed by atoms with van der Waals surface area (Å²) in [4.78, 5) is 0. The molecule has 0 spiro atoms. The van der Waals surface area contributed by atoms with E-state index in [9.17, 15) is 15.1 Å². The van der Waals surface area contributed by atoms with Crippen molar-refractivity contribution in [2.75, 3.05) is 0 Å². The highest BCUT2D eigenvalue weighted by molar-refractivity contribution is 6.13. The maximum atomic E-state index is 10.0. The Morgan fingerprint density at radius 2 is 0.647 bits per heavy atom. The van der Waals surface area contributed by atoms with Crippen LogP contribution in [0.15, 0.2) is 187 Å². The van der Waals surface area contributed by atoms with Crippen LogP contribution < -0.4 is 0 Å². The first-order valence-electron chi connectivity index (χ1n) is 30.1. The largest absolute Gasteiger partial charge is 0.309 e. The van der Waals surface area contributed by atoms with Crippen molar-refractivity contribution in [2.24, 2.45) is 0 Å². The number of rotatable bonds is 4. The molecule has 0 radical (unpaired) electrons. The van der Waals surface area contributed by atoms with Gasteiger partial charge >= 0.3 is 0 Å². The monoisotopic (exact) mass is 679 g/mol. The number of aromatic nitrogens is 3. The van der Waals surface area contributed by atoms with Gasteiger partial charge in [0.25, 0.3) is 0 Å². The van der Waals surface area contributed by atoms with Crippen LogP contribution in [-0.2, 0) is 0 Å².